The molecule has 22 heavy (non-hydrogen) atoms. The summed E-state index contributed by atoms with van der Waals surface area (Å²) in [7, 11) is 1.62. The molecule has 3 aromatic rings. The van der Waals surface area contributed by atoms with Crippen LogP contribution in [0.1, 0.15) is 0 Å². The first-order valence-electron chi connectivity index (χ1n) is 6.39. The molecular weight excluding hydrogens is 320 g/mol. The lowest BCUT2D eigenvalue weighted by molar-refractivity contribution is -0.113. The highest BCUT2D eigenvalue weighted by Crippen LogP contribution is 2.29. The lowest BCUT2D eigenvalue weighted by Gasteiger charge is -2.00. The van der Waals surface area contributed by atoms with E-state index in [0.29, 0.717) is 10.3 Å². The van der Waals surface area contributed by atoms with E-state index in [0.717, 1.165) is 16.0 Å². The van der Waals surface area contributed by atoms with Crippen LogP contribution in [0, 0.1) is 0 Å². The number of nitrogens with zero attached hydrogens (tertiary/aromatic N) is 3. The number of amides is 1. The number of ether oxygens (including phenoxy) is 1. The minimum absolute atomic E-state index is 0.136. The van der Waals surface area contributed by atoms with Crippen molar-refractivity contribution in [2.45, 2.75) is 5.16 Å². The van der Waals surface area contributed by atoms with Gasteiger partial charge in [-0.15, -0.1) is 0 Å². The quantitative estimate of drug-likeness (QED) is 0.572. The number of carbonyl (C=O) groups excluding carboxylic acids is 1. The highest BCUT2D eigenvalue weighted by Gasteiger charge is 2.09. The number of hydrogen-bond acceptors (Lipinski definition) is 7. The van der Waals surface area contributed by atoms with E-state index in [1.54, 1.807) is 25.6 Å². The first-order valence-corrected chi connectivity index (χ1v) is 8.19. The lowest BCUT2D eigenvalue weighted by atomic mass is 10.3. The summed E-state index contributed by atoms with van der Waals surface area (Å²) < 4.78 is 6.14. The number of nitrogens with one attached hydrogen (secondary N) is 1. The fraction of sp³-hybridized carbons (Fsp3) is 0.143. The van der Waals surface area contributed by atoms with Crippen molar-refractivity contribution in [1.82, 2.24) is 15.0 Å². The van der Waals surface area contributed by atoms with E-state index in [1.807, 2.05) is 18.2 Å². The van der Waals surface area contributed by atoms with Crippen LogP contribution in [-0.4, -0.2) is 33.7 Å². The zero-order valence-corrected chi connectivity index (χ0v) is 13.3. The number of thioether (sulfide) groups is 1. The molecule has 8 heteroatoms. The summed E-state index contributed by atoms with van der Waals surface area (Å²) >= 11 is 2.70. The van der Waals surface area contributed by atoms with E-state index >= 15 is 0 Å². The second kappa shape index (κ2) is 6.71. The number of thiazole rings is 1. The molecule has 1 N–H and O–H groups in total. The smallest absolute Gasteiger partial charge is 0.236 e. The molecular formula is C14H12N4O2S2. The number of aromatic nitrogens is 3. The van der Waals surface area contributed by atoms with Gasteiger partial charge in [-0.2, -0.15) is 0 Å². The van der Waals surface area contributed by atoms with Crippen LogP contribution in [-0.2, 0) is 4.79 Å². The Labute approximate surface area is 135 Å². The Bertz CT molecular complexity index is 792. The van der Waals surface area contributed by atoms with Crippen LogP contribution in [0.25, 0.3) is 10.2 Å². The molecule has 2 heterocycles. The van der Waals surface area contributed by atoms with E-state index in [-0.39, 0.29) is 11.7 Å². The molecule has 0 aliphatic heterocycles. The Balaban J connectivity index is 1.63. The van der Waals surface area contributed by atoms with Gasteiger partial charge in [0.2, 0.25) is 5.91 Å². The van der Waals surface area contributed by atoms with Gasteiger partial charge in [0.1, 0.15) is 5.75 Å². The minimum Gasteiger partial charge on any atom is -0.497 e. The van der Waals surface area contributed by atoms with Gasteiger partial charge in [0, 0.05) is 12.4 Å². The van der Waals surface area contributed by atoms with Crippen molar-refractivity contribution in [3.63, 3.8) is 0 Å². The van der Waals surface area contributed by atoms with E-state index in [9.17, 15) is 4.79 Å². The summed E-state index contributed by atoms with van der Waals surface area (Å²) in [4.78, 5) is 24.4. The summed E-state index contributed by atoms with van der Waals surface area (Å²) in [6.45, 7) is 0. The molecule has 0 aliphatic rings. The Hall–Kier alpha value is -2.19. The van der Waals surface area contributed by atoms with E-state index in [2.05, 4.69) is 20.3 Å². The topological polar surface area (TPSA) is 77.0 Å². The third kappa shape index (κ3) is 3.52. The number of methoxy groups -OCH3 is 1. The molecule has 1 amide bonds. The first-order chi connectivity index (χ1) is 10.7. The lowest BCUT2D eigenvalue weighted by Crippen LogP contribution is -2.13. The highest BCUT2D eigenvalue weighted by molar-refractivity contribution is 7.99. The molecule has 0 aliphatic carbocycles. The van der Waals surface area contributed by atoms with Crippen LogP contribution in [0.4, 0.5) is 5.13 Å². The molecule has 0 atom stereocenters. The maximum Gasteiger partial charge on any atom is 0.236 e. The number of fused-ring (bicyclic) bond motifs is 1. The van der Waals surface area contributed by atoms with Crippen molar-refractivity contribution in [3.8, 4) is 5.75 Å². The molecule has 0 fully saturated rings. The van der Waals surface area contributed by atoms with E-state index in [1.165, 1.54) is 23.1 Å². The van der Waals surface area contributed by atoms with Crippen molar-refractivity contribution in [1.29, 1.82) is 0 Å². The molecule has 3 rings (SSSR count). The van der Waals surface area contributed by atoms with Gasteiger partial charge in [-0.1, -0.05) is 23.1 Å². The third-order valence-electron chi connectivity index (χ3n) is 2.72. The van der Waals surface area contributed by atoms with E-state index < -0.39 is 0 Å². The molecule has 1 aromatic carbocycles. The second-order valence-corrected chi connectivity index (χ2v) is 6.19. The summed E-state index contributed by atoms with van der Waals surface area (Å²) in [6.07, 6.45) is 3.29. The monoisotopic (exact) mass is 332 g/mol. The summed E-state index contributed by atoms with van der Waals surface area (Å²) in [5.41, 5.74) is 0.833. The first kappa shape index (κ1) is 14.7. The highest BCUT2D eigenvalue weighted by atomic mass is 32.2. The number of carbonyl (C=O) groups is 1. The van der Waals surface area contributed by atoms with Crippen molar-refractivity contribution >= 4 is 44.4 Å². The Morgan fingerprint density at radius 3 is 2.95 bits per heavy atom. The van der Waals surface area contributed by atoms with Gasteiger partial charge in [0.15, 0.2) is 10.3 Å². The zero-order valence-electron chi connectivity index (χ0n) is 11.6. The summed E-state index contributed by atoms with van der Waals surface area (Å²) in [6, 6.07) is 7.35. The van der Waals surface area contributed by atoms with Gasteiger partial charge in [-0.25, -0.2) is 15.0 Å². The molecule has 6 nitrogen and oxygen atoms in total. The average Bonchev–Trinajstić information content (AvgIpc) is 2.95. The van der Waals surface area contributed by atoms with Gasteiger partial charge in [0.05, 0.1) is 23.1 Å². The predicted molar refractivity (Wildman–Crippen MR) is 87.6 cm³/mol. The zero-order chi connectivity index (χ0) is 15.4. The molecule has 112 valence electrons. The van der Waals surface area contributed by atoms with Crippen LogP contribution < -0.4 is 10.1 Å². The minimum atomic E-state index is -0.136. The fourth-order valence-electron chi connectivity index (χ4n) is 1.73. The van der Waals surface area contributed by atoms with Gasteiger partial charge < -0.3 is 10.1 Å². The Morgan fingerprint density at radius 2 is 2.18 bits per heavy atom. The SMILES string of the molecule is COc1ccc2nc(NC(=O)CSc3ncccn3)sc2c1. The Morgan fingerprint density at radius 1 is 1.36 bits per heavy atom. The van der Waals surface area contributed by atoms with Crippen molar-refractivity contribution in [2.75, 3.05) is 18.2 Å². The van der Waals surface area contributed by atoms with E-state index in [4.69, 9.17) is 4.74 Å². The largest absolute Gasteiger partial charge is 0.497 e. The van der Waals surface area contributed by atoms with Gasteiger partial charge in [0.25, 0.3) is 0 Å². The molecule has 0 radical (unpaired) electrons. The molecule has 0 saturated heterocycles. The van der Waals surface area contributed by atoms with Crippen LogP contribution in [0.5, 0.6) is 5.75 Å². The standard InChI is InChI=1S/C14H12N4O2S2/c1-20-9-3-4-10-11(7-9)22-14(17-10)18-12(19)8-21-13-15-5-2-6-16-13/h2-7H,8H2,1H3,(H,17,18,19). The summed E-state index contributed by atoms with van der Waals surface area (Å²) in [5.74, 6) is 0.873. The third-order valence-corrected chi connectivity index (χ3v) is 4.53. The van der Waals surface area contributed by atoms with Crippen LogP contribution >= 0.6 is 23.1 Å². The summed E-state index contributed by atoms with van der Waals surface area (Å²) in [5, 5.41) is 3.94. The van der Waals surface area contributed by atoms with Crippen LogP contribution in [0.2, 0.25) is 0 Å². The van der Waals surface area contributed by atoms with Crippen LogP contribution in [0.15, 0.2) is 41.8 Å². The second-order valence-electron chi connectivity index (χ2n) is 4.22. The molecule has 0 bridgehead atoms. The van der Waals surface area contributed by atoms with Crippen LogP contribution in [0.3, 0.4) is 0 Å². The number of rotatable bonds is 5. The van der Waals surface area contributed by atoms with Gasteiger partial charge in [-0.05, 0) is 24.3 Å². The predicted octanol–water partition coefficient (Wildman–Crippen LogP) is 2.83. The molecule has 0 saturated carbocycles. The molecule has 0 unspecified atom stereocenters. The normalized spacial score (nSPS) is 10.6. The van der Waals surface area contributed by atoms with Gasteiger partial charge in [-0.3, -0.25) is 4.79 Å². The average molecular weight is 332 g/mol. The maximum absolute atomic E-state index is 11.9. The number of anilines is 1. The van der Waals surface area contributed by atoms with Crippen molar-refractivity contribution < 1.29 is 9.53 Å². The molecule has 0 spiro atoms. The fourth-order valence-corrected chi connectivity index (χ4v) is 3.24. The maximum atomic E-state index is 11.9. The number of benzene rings is 1. The Kier molecular flexibility index (Phi) is 4.50. The van der Waals surface area contributed by atoms with Crippen molar-refractivity contribution in [2.24, 2.45) is 0 Å². The molecule has 2 aromatic heterocycles. The van der Waals surface area contributed by atoms with Crippen molar-refractivity contribution in [3.05, 3.63) is 36.7 Å². The number of hydrogen-bond donors (Lipinski definition) is 1. The van der Waals surface area contributed by atoms with Gasteiger partial charge >= 0.3 is 0 Å².